The molecule has 0 unspecified atom stereocenters. The van der Waals surface area contributed by atoms with E-state index in [-0.39, 0.29) is 5.91 Å². The molecule has 0 bridgehead atoms. The van der Waals surface area contributed by atoms with Crippen LogP contribution in [0.1, 0.15) is 18.4 Å². The Balaban J connectivity index is 1.49. The second-order valence-electron chi connectivity index (χ2n) is 5.74. The van der Waals surface area contributed by atoms with Crippen LogP contribution in [0.5, 0.6) is 0 Å². The van der Waals surface area contributed by atoms with E-state index in [2.05, 4.69) is 10.6 Å². The Labute approximate surface area is 136 Å². The molecular formula is C16H21N3O2S. The molecule has 1 aromatic rings. The Morgan fingerprint density at radius 1 is 1.23 bits per heavy atom. The molecule has 1 heterocycles. The number of carbonyl (C=O) groups is 1. The third kappa shape index (κ3) is 4.42. The molecule has 0 aromatic heterocycles. The first-order chi connectivity index (χ1) is 10.7. The quantitative estimate of drug-likeness (QED) is 0.825. The van der Waals surface area contributed by atoms with Gasteiger partial charge in [-0.25, -0.2) is 0 Å². The molecule has 1 aromatic carbocycles. The van der Waals surface area contributed by atoms with Gasteiger partial charge in [0.1, 0.15) is 0 Å². The highest BCUT2D eigenvalue weighted by Gasteiger charge is 2.21. The Hall–Kier alpha value is -1.66. The third-order valence-electron chi connectivity index (χ3n) is 3.84. The molecule has 2 aliphatic rings. The molecule has 118 valence electrons. The van der Waals surface area contributed by atoms with E-state index in [9.17, 15) is 4.79 Å². The van der Waals surface area contributed by atoms with E-state index >= 15 is 0 Å². The van der Waals surface area contributed by atoms with E-state index < -0.39 is 0 Å². The molecule has 1 saturated carbocycles. The maximum atomic E-state index is 12.2. The van der Waals surface area contributed by atoms with Gasteiger partial charge in [-0.05, 0) is 42.8 Å². The van der Waals surface area contributed by atoms with Crippen LogP contribution in [0.15, 0.2) is 24.3 Å². The van der Waals surface area contributed by atoms with Crippen LogP contribution in [0.4, 0.5) is 5.69 Å². The number of rotatable bonds is 4. The highest BCUT2D eigenvalue weighted by atomic mass is 32.1. The highest BCUT2D eigenvalue weighted by molar-refractivity contribution is 7.80. The largest absolute Gasteiger partial charge is 0.378 e. The van der Waals surface area contributed by atoms with Crippen molar-refractivity contribution < 1.29 is 9.53 Å². The molecule has 2 N–H and O–H groups in total. The van der Waals surface area contributed by atoms with Crippen LogP contribution in [0.25, 0.3) is 0 Å². The van der Waals surface area contributed by atoms with Crippen LogP contribution in [-0.4, -0.2) is 48.3 Å². The predicted molar refractivity (Wildman–Crippen MR) is 89.9 cm³/mol. The minimum Gasteiger partial charge on any atom is -0.378 e. The lowest BCUT2D eigenvalue weighted by atomic mass is 10.1. The van der Waals surface area contributed by atoms with Crippen molar-refractivity contribution in [2.45, 2.75) is 25.3 Å². The lowest BCUT2D eigenvalue weighted by Crippen LogP contribution is -2.41. The van der Waals surface area contributed by atoms with Crippen LogP contribution in [0, 0.1) is 0 Å². The number of morpholine rings is 1. The Kier molecular flexibility index (Phi) is 4.90. The summed E-state index contributed by atoms with van der Waals surface area (Å²) in [6.07, 6.45) is 2.83. The number of hydrogen-bond donors (Lipinski definition) is 2. The highest BCUT2D eigenvalue weighted by Crippen LogP contribution is 2.19. The number of amides is 1. The number of anilines is 1. The summed E-state index contributed by atoms with van der Waals surface area (Å²) >= 11 is 5.25. The first-order valence-electron chi connectivity index (χ1n) is 7.73. The van der Waals surface area contributed by atoms with Crippen molar-refractivity contribution in [3.8, 4) is 0 Å². The summed E-state index contributed by atoms with van der Waals surface area (Å²) in [4.78, 5) is 14.0. The van der Waals surface area contributed by atoms with Gasteiger partial charge in [-0.15, -0.1) is 0 Å². The maximum absolute atomic E-state index is 12.2. The zero-order valence-electron chi connectivity index (χ0n) is 12.5. The fourth-order valence-corrected chi connectivity index (χ4v) is 2.67. The number of thiocarbonyl (C=S) groups is 1. The summed E-state index contributed by atoms with van der Waals surface area (Å²) in [6.45, 7) is 2.67. The number of carbonyl (C=O) groups excluding carboxylic acids is 1. The van der Waals surface area contributed by atoms with Gasteiger partial charge in [0.25, 0.3) is 0 Å². The lowest BCUT2D eigenvalue weighted by molar-refractivity contribution is -0.134. The fourth-order valence-electron chi connectivity index (χ4n) is 2.39. The van der Waals surface area contributed by atoms with Crippen LogP contribution in [0.3, 0.4) is 0 Å². The molecular weight excluding hydrogens is 298 g/mol. The lowest BCUT2D eigenvalue weighted by Gasteiger charge is -2.26. The molecule has 1 aliphatic heterocycles. The number of ether oxygens (including phenoxy) is 1. The van der Waals surface area contributed by atoms with Crippen molar-refractivity contribution in [1.29, 1.82) is 0 Å². The minimum atomic E-state index is 0.162. The van der Waals surface area contributed by atoms with Crippen molar-refractivity contribution in [2.75, 3.05) is 31.6 Å². The van der Waals surface area contributed by atoms with Crippen LogP contribution in [-0.2, 0) is 16.0 Å². The Morgan fingerprint density at radius 3 is 2.55 bits per heavy atom. The second-order valence-corrected chi connectivity index (χ2v) is 6.15. The predicted octanol–water partition coefficient (Wildman–Crippen LogP) is 1.54. The van der Waals surface area contributed by atoms with Gasteiger partial charge in [-0.3, -0.25) is 4.79 Å². The molecule has 1 saturated heterocycles. The Bertz CT molecular complexity index is 537. The second kappa shape index (κ2) is 7.07. The SMILES string of the molecule is O=C(Cc1ccc(NC(=S)NC2CC2)cc1)N1CCOCC1. The molecule has 0 radical (unpaired) electrons. The van der Waals surface area contributed by atoms with Crippen LogP contribution < -0.4 is 10.6 Å². The van der Waals surface area contributed by atoms with Gasteiger partial charge < -0.3 is 20.3 Å². The molecule has 0 spiro atoms. The average Bonchev–Trinajstić information content (AvgIpc) is 3.34. The summed E-state index contributed by atoms with van der Waals surface area (Å²) in [5, 5.41) is 7.07. The smallest absolute Gasteiger partial charge is 0.227 e. The summed E-state index contributed by atoms with van der Waals surface area (Å²) in [6, 6.07) is 8.41. The molecule has 3 rings (SSSR count). The molecule has 0 atom stereocenters. The third-order valence-corrected chi connectivity index (χ3v) is 4.06. The van der Waals surface area contributed by atoms with Crippen LogP contribution in [0.2, 0.25) is 0 Å². The number of nitrogens with one attached hydrogen (secondary N) is 2. The van der Waals surface area contributed by atoms with Crippen molar-refractivity contribution >= 4 is 28.9 Å². The van der Waals surface area contributed by atoms with Gasteiger partial charge in [0, 0.05) is 24.8 Å². The molecule has 5 nitrogen and oxygen atoms in total. The van der Waals surface area contributed by atoms with Gasteiger partial charge in [0.15, 0.2) is 5.11 Å². The van der Waals surface area contributed by atoms with E-state index in [1.54, 1.807) is 0 Å². The van der Waals surface area contributed by atoms with Gasteiger partial charge in [-0.1, -0.05) is 12.1 Å². The van der Waals surface area contributed by atoms with Gasteiger partial charge >= 0.3 is 0 Å². The average molecular weight is 319 g/mol. The van der Waals surface area contributed by atoms with E-state index in [1.165, 1.54) is 12.8 Å². The first kappa shape index (κ1) is 15.2. The zero-order chi connectivity index (χ0) is 15.4. The minimum absolute atomic E-state index is 0.162. The van der Waals surface area contributed by atoms with E-state index in [4.69, 9.17) is 17.0 Å². The number of hydrogen-bond acceptors (Lipinski definition) is 3. The Morgan fingerprint density at radius 2 is 1.91 bits per heavy atom. The summed E-state index contributed by atoms with van der Waals surface area (Å²) in [7, 11) is 0. The van der Waals surface area contributed by atoms with E-state index in [0.717, 1.165) is 11.3 Å². The van der Waals surface area contributed by atoms with Crippen molar-refractivity contribution in [3.05, 3.63) is 29.8 Å². The molecule has 1 amide bonds. The topological polar surface area (TPSA) is 53.6 Å². The van der Waals surface area contributed by atoms with E-state index in [1.807, 2.05) is 29.2 Å². The van der Waals surface area contributed by atoms with E-state index in [0.29, 0.717) is 43.9 Å². The molecule has 6 heteroatoms. The molecule has 22 heavy (non-hydrogen) atoms. The van der Waals surface area contributed by atoms with Gasteiger partial charge in [0.2, 0.25) is 5.91 Å². The molecule has 1 aliphatic carbocycles. The van der Waals surface area contributed by atoms with Gasteiger partial charge in [-0.2, -0.15) is 0 Å². The van der Waals surface area contributed by atoms with Crippen molar-refractivity contribution in [2.24, 2.45) is 0 Å². The van der Waals surface area contributed by atoms with Crippen LogP contribution >= 0.6 is 12.2 Å². The number of nitrogens with zero attached hydrogens (tertiary/aromatic N) is 1. The summed E-state index contributed by atoms with van der Waals surface area (Å²) in [5.74, 6) is 0.162. The molecule has 2 fully saturated rings. The van der Waals surface area contributed by atoms with Crippen molar-refractivity contribution in [3.63, 3.8) is 0 Å². The standard InChI is InChI=1S/C16H21N3O2S/c20-15(19-7-9-21-10-8-19)11-12-1-3-13(4-2-12)17-16(22)18-14-5-6-14/h1-4,14H,5-11H2,(H2,17,18,22). The summed E-state index contributed by atoms with van der Waals surface area (Å²) < 4.78 is 5.26. The van der Waals surface area contributed by atoms with Gasteiger partial charge in [0.05, 0.1) is 19.6 Å². The normalized spacial score (nSPS) is 17.9. The first-order valence-corrected chi connectivity index (χ1v) is 8.13. The fraction of sp³-hybridized carbons (Fsp3) is 0.500. The zero-order valence-corrected chi connectivity index (χ0v) is 13.3. The van der Waals surface area contributed by atoms with Crippen molar-refractivity contribution in [1.82, 2.24) is 10.2 Å². The number of benzene rings is 1. The summed E-state index contributed by atoms with van der Waals surface area (Å²) in [5.41, 5.74) is 1.96. The monoisotopic (exact) mass is 319 g/mol. The maximum Gasteiger partial charge on any atom is 0.227 e.